The predicted octanol–water partition coefficient (Wildman–Crippen LogP) is 5.90. The predicted molar refractivity (Wildman–Crippen MR) is 141 cm³/mol. The SMILES string of the molecule is C[C@@H](Cc1ccco1)NC(=O)C1CCN(Cc2cc3ccccc3n2Cc2ccc(Cl)cc2)CC1. The van der Waals surface area contributed by atoms with Gasteiger partial charge in [0.05, 0.1) is 6.26 Å². The molecule has 1 aliphatic rings. The highest BCUT2D eigenvalue weighted by Crippen LogP contribution is 2.25. The normalized spacial score (nSPS) is 15.9. The zero-order chi connectivity index (χ0) is 24.2. The number of carbonyl (C=O) groups is 1. The van der Waals surface area contributed by atoms with Crippen LogP contribution >= 0.6 is 11.6 Å². The van der Waals surface area contributed by atoms with E-state index in [4.69, 9.17) is 16.0 Å². The number of nitrogens with one attached hydrogen (secondary N) is 1. The molecule has 35 heavy (non-hydrogen) atoms. The molecule has 1 saturated heterocycles. The Balaban J connectivity index is 1.21. The second-order valence-corrected chi connectivity index (χ2v) is 10.1. The topological polar surface area (TPSA) is 50.4 Å². The van der Waals surface area contributed by atoms with E-state index in [0.29, 0.717) is 0 Å². The molecule has 1 amide bonds. The van der Waals surface area contributed by atoms with Crippen LogP contribution in [0.4, 0.5) is 0 Å². The van der Waals surface area contributed by atoms with Crippen molar-refractivity contribution in [2.45, 2.75) is 45.3 Å². The van der Waals surface area contributed by atoms with Crippen LogP contribution in [0.2, 0.25) is 5.02 Å². The molecule has 2 aromatic carbocycles. The van der Waals surface area contributed by atoms with E-state index in [1.807, 2.05) is 31.2 Å². The van der Waals surface area contributed by atoms with Gasteiger partial charge in [0.1, 0.15) is 5.76 Å². The van der Waals surface area contributed by atoms with Crippen LogP contribution in [0.3, 0.4) is 0 Å². The lowest BCUT2D eigenvalue weighted by molar-refractivity contribution is -0.127. The largest absolute Gasteiger partial charge is 0.469 e. The van der Waals surface area contributed by atoms with Crippen molar-refractivity contribution in [2.75, 3.05) is 13.1 Å². The molecule has 1 fully saturated rings. The first-order valence-electron chi connectivity index (χ1n) is 12.4. The van der Waals surface area contributed by atoms with E-state index in [2.05, 4.69) is 57.2 Å². The van der Waals surface area contributed by atoms with Crippen LogP contribution in [0.5, 0.6) is 0 Å². The molecular formula is C29H32ClN3O2. The number of amides is 1. The van der Waals surface area contributed by atoms with Crippen molar-refractivity contribution >= 4 is 28.4 Å². The Morgan fingerprint density at radius 3 is 2.57 bits per heavy atom. The summed E-state index contributed by atoms with van der Waals surface area (Å²) in [5.74, 6) is 1.15. The number of hydrogen-bond acceptors (Lipinski definition) is 3. The fraction of sp³-hybridized carbons (Fsp3) is 0.345. The summed E-state index contributed by atoms with van der Waals surface area (Å²) >= 11 is 6.10. The average molecular weight is 490 g/mol. The maximum Gasteiger partial charge on any atom is 0.223 e. The molecule has 0 aliphatic carbocycles. The minimum Gasteiger partial charge on any atom is -0.469 e. The number of carbonyl (C=O) groups excluding carboxylic acids is 1. The van der Waals surface area contributed by atoms with Crippen molar-refractivity contribution in [1.82, 2.24) is 14.8 Å². The molecular weight excluding hydrogens is 458 g/mol. The molecule has 0 unspecified atom stereocenters. The van der Waals surface area contributed by atoms with E-state index in [9.17, 15) is 4.79 Å². The number of aromatic nitrogens is 1. The number of likely N-dealkylation sites (tertiary alicyclic amines) is 1. The number of furan rings is 1. The van der Waals surface area contributed by atoms with E-state index in [0.717, 1.165) is 56.2 Å². The van der Waals surface area contributed by atoms with Crippen molar-refractivity contribution in [2.24, 2.45) is 5.92 Å². The summed E-state index contributed by atoms with van der Waals surface area (Å²) in [6, 6.07) is 22.9. The molecule has 2 aromatic heterocycles. The Kier molecular flexibility index (Phi) is 7.26. The summed E-state index contributed by atoms with van der Waals surface area (Å²) < 4.78 is 7.82. The first-order valence-corrected chi connectivity index (χ1v) is 12.8. The van der Waals surface area contributed by atoms with Crippen molar-refractivity contribution in [1.29, 1.82) is 0 Å². The zero-order valence-corrected chi connectivity index (χ0v) is 20.9. The standard InChI is InChI=1S/C29H32ClN3O2/c1-21(17-27-6-4-16-35-27)31-29(34)23-12-14-32(15-13-23)20-26-18-24-5-2-3-7-28(24)33(26)19-22-8-10-25(30)11-9-22/h2-11,16,18,21,23H,12-15,17,19-20H2,1H3,(H,31,34)/t21-/m0/s1. The number of benzene rings is 2. The first-order chi connectivity index (χ1) is 17.0. The Hall–Kier alpha value is -3.02. The van der Waals surface area contributed by atoms with Crippen molar-refractivity contribution in [3.05, 3.63) is 95.0 Å². The summed E-state index contributed by atoms with van der Waals surface area (Å²) in [5.41, 5.74) is 3.78. The Morgan fingerprint density at radius 2 is 1.83 bits per heavy atom. The first kappa shape index (κ1) is 23.7. The van der Waals surface area contributed by atoms with Gasteiger partial charge in [0, 0.05) is 47.7 Å². The molecule has 4 aromatic rings. The smallest absolute Gasteiger partial charge is 0.223 e. The highest BCUT2D eigenvalue weighted by atomic mass is 35.5. The molecule has 0 bridgehead atoms. The number of rotatable bonds is 8. The lowest BCUT2D eigenvalue weighted by Crippen LogP contribution is -2.43. The Bertz CT molecular complexity index is 1260. The van der Waals surface area contributed by atoms with Crippen molar-refractivity contribution < 1.29 is 9.21 Å². The summed E-state index contributed by atoms with van der Waals surface area (Å²) in [5, 5.41) is 5.20. The quantitative estimate of drug-likeness (QED) is 0.335. The van der Waals surface area contributed by atoms with Gasteiger partial charge < -0.3 is 14.3 Å². The van der Waals surface area contributed by atoms with Gasteiger partial charge in [0.2, 0.25) is 5.91 Å². The van der Waals surface area contributed by atoms with Gasteiger partial charge in [0.25, 0.3) is 0 Å². The van der Waals surface area contributed by atoms with Crippen LogP contribution < -0.4 is 5.32 Å². The Morgan fingerprint density at radius 1 is 1.06 bits per heavy atom. The summed E-state index contributed by atoms with van der Waals surface area (Å²) in [6.07, 6.45) is 4.16. The number of para-hydroxylation sites is 1. The van der Waals surface area contributed by atoms with Gasteiger partial charge in [-0.15, -0.1) is 0 Å². The molecule has 6 heteroatoms. The van der Waals surface area contributed by atoms with Crippen molar-refractivity contribution in [3.63, 3.8) is 0 Å². The molecule has 182 valence electrons. The lowest BCUT2D eigenvalue weighted by Gasteiger charge is -2.32. The van der Waals surface area contributed by atoms with Gasteiger partial charge in [-0.05, 0) is 80.2 Å². The highest BCUT2D eigenvalue weighted by Gasteiger charge is 2.26. The monoisotopic (exact) mass is 489 g/mol. The second-order valence-electron chi connectivity index (χ2n) is 9.65. The molecule has 1 N–H and O–H groups in total. The third kappa shape index (κ3) is 5.80. The molecule has 3 heterocycles. The fourth-order valence-electron chi connectivity index (χ4n) is 5.08. The molecule has 0 saturated carbocycles. The maximum atomic E-state index is 12.8. The molecule has 5 rings (SSSR count). The summed E-state index contributed by atoms with van der Waals surface area (Å²) in [4.78, 5) is 15.3. The van der Waals surface area contributed by atoms with Crippen LogP contribution in [0.15, 0.2) is 77.4 Å². The second kappa shape index (κ2) is 10.7. The number of piperidine rings is 1. The van der Waals surface area contributed by atoms with Crippen molar-refractivity contribution in [3.8, 4) is 0 Å². The lowest BCUT2D eigenvalue weighted by atomic mass is 9.95. The Labute approximate surface area is 211 Å². The van der Waals surface area contributed by atoms with E-state index >= 15 is 0 Å². The fourth-order valence-corrected chi connectivity index (χ4v) is 5.21. The van der Waals surface area contributed by atoms with E-state index in [1.165, 1.54) is 22.2 Å². The van der Waals surface area contributed by atoms with Crippen LogP contribution in [0.25, 0.3) is 10.9 Å². The van der Waals surface area contributed by atoms with Gasteiger partial charge in [-0.3, -0.25) is 9.69 Å². The number of halogens is 1. The maximum absolute atomic E-state index is 12.8. The van der Waals surface area contributed by atoms with Gasteiger partial charge in [0.15, 0.2) is 0 Å². The van der Waals surface area contributed by atoms with Gasteiger partial charge in [-0.2, -0.15) is 0 Å². The van der Waals surface area contributed by atoms with Crippen LogP contribution in [0.1, 0.15) is 36.8 Å². The average Bonchev–Trinajstić information content (AvgIpc) is 3.49. The molecule has 0 radical (unpaired) electrons. The van der Waals surface area contributed by atoms with Gasteiger partial charge in [-0.25, -0.2) is 0 Å². The summed E-state index contributed by atoms with van der Waals surface area (Å²) in [7, 11) is 0. The molecule has 1 aliphatic heterocycles. The molecule has 0 spiro atoms. The van der Waals surface area contributed by atoms with E-state index in [-0.39, 0.29) is 17.9 Å². The van der Waals surface area contributed by atoms with Crippen LogP contribution in [0, 0.1) is 5.92 Å². The van der Waals surface area contributed by atoms with Crippen LogP contribution in [-0.2, 0) is 24.3 Å². The minimum absolute atomic E-state index is 0.0651. The number of nitrogens with zero attached hydrogens (tertiary/aromatic N) is 2. The van der Waals surface area contributed by atoms with E-state index in [1.54, 1.807) is 6.26 Å². The molecule has 1 atom stereocenters. The van der Waals surface area contributed by atoms with Gasteiger partial charge in [-0.1, -0.05) is 41.9 Å². The number of fused-ring (bicyclic) bond motifs is 1. The third-order valence-corrected chi connectivity index (χ3v) is 7.22. The zero-order valence-electron chi connectivity index (χ0n) is 20.1. The summed E-state index contributed by atoms with van der Waals surface area (Å²) in [6.45, 7) is 5.58. The van der Waals surface area contributed by atoms with Crippen LogP contribution in [-0.4, -0.2) is 34.5 Å². The van der Waals surface area contributed by atoms with Gasteiger partial charge >= 0.3 is 0 Å². The number of hydrogen-bond donors (Lipinski definition) is 1. The molecule has 5 nitrogen and oxygen atoms in total. The third-order valence-electron chi connectivity index (χ3n) is 6.97. The highest BCUT2D eigenvalue weighted by molar-refractivity contribution is 6.30. The minimum atomic E-state index is 0.0651. The van der Waals surface area contributed by atoms with E-state index < -0.39 is 0 Å².